The molecule has 0 bridgehead atoms. The van der Waals surface area contributed by atoms with Gasteiger partial charge in [-0.2, -0.15) is 0 Å². The summed E-state index contributed by atoms with van der Waals surface area (Å²) in [5, 5.41) is 1.63. The second-order valence-corrected chi connectivity index (χ2v) is 6.57. The Morgan fingerprint density at radius 2 is 2.00 bits per heavy atom. The molecule has 0 radical (unpaired) electrons. The van der Waals surface area contributed by atoms with Gasteiger partial charge in [-0.3, -0.25) is 4.79 Å². The van der Waals surface area contributed by atoms with Gasteiger partial charge in [0.2, 0.25) is 0 Å². The number of aromatic amines is 1. The van der Waals surface area contributed by atoms with Gasteiger partial charge in [-0.1, -0.05) is 35.0 Å². The number of rotatable bonds is 4. The van der Waals surface area contributed by atoms with Crippen LogP contribution in [0.5, 0.6) is 0 Å². The highest BCUT2D eigenvalue weighted by Gasteiger charge is 2.12. The van der Waals surface area contributed by atoms with Gasteiger partial charge in [-0.05, 0) is 31.2 Å². The fraction of sp³-hybridized carbons (Fsp3) is 0.133. The molecule has 5 nitrogen and oxygen atoms in total. The van der Waals surface area contributed by atoms with E-state index in [0.29, 0.717) is 26.8 Å². The summed E-state index contributed by atoms with van der Waals surface area (Å²) in [5.41, 5.74) is 2.24. The lowest BCUT2D eigenvalue weighted by molar-refractivity contribution is 0.902. The second-order valence-electron chi connectivity index (χ2n) is 4.81. The highest BCUT2D eigenvalue weighted by molar-refractivity contribution is 7.98. The highest BCUT2D eigenvalue weighted by Crippen LogP contribution is 2.26. The highest BCUT2D eigenvalue weighted by atomic mass is 35.5. The maximum Gasteiger partial charge on any atom is 0.251 e. The van der Waals surface area contributed by atoms with Crippen LogP contribution in [-0.4, -0.2) is 19.5 Å². The molecule has 1 N–H and O–H groups in total. The molecule has 0 spiro atoms. The van der Waals surface area contributed by atoms with E-state index in [1.807, 2.05) is 16.7 Å². The first-order valence-corrected chi connectivity index (χ1v) is 8.45. The summed E-state index contributed by atoms with van der Waals surface area (Å²) in [7, 11) is 0. The Kier molecular flexibility index (Phi) is 4.75. The summed E-state index contributed by atoms with van der Waals surface area (Å²) in [6.07, 6.45) is 1.66. The molecule has 0 aliphatic heterocycles. The standard InChI is InChI=1S/C15H12Cl2N4OS/c1-9-6-13(22)20-15(19-9)23-7-12-14(17)18-8-21(12)11-4-2-10(16)3-5-11/h2-6,8H,7H2,1H3,(H,19,20,22). The van der Waals surface area contributed by atoms with Crippen molar-refractivity contribution in [1.82, 2.24) is 19.5 Å². The van der Waals surface area contributed by atoms with Gasteiger partial charge in [0.1, 0.15) is 6.33 Å². The maximum atomic E-state index is 11.5. The summed E-state index contributed by atoms with van der Waals surface area (Å²) >= 11 is 13.5. The molecule has 0 saturated carbocycles. The van der Waals surface area contributed by atoms with Crippen LogP contribution in [-0.2, 0) is 5.75 Å². The molecule has 0 fully saturated rings. The van der Waals surface area contributed by atoms with Crippen molar-refractivity contribution in [2.75, 3.05) is 0 Å². The van der Waals surface area contributed by atoms with E-state index in [4.69, 9.17) is 23.2 Å². The summed E-state index contributed by atoms with van der Waals surface area (Å²) in [5.74, 6) is 0.522. The van der Waals surface area contributed by atoms with E-state index in [1.165, 1.54) is 17.8 Å². The van der Waals surface area contributed by atoms with Crippen molar-refractivity contribution in [1.29, 1.82) is 0 Å². The van der Waals surface area contributed by atoms with Crippen LogP contribution in [0.25, 0.3) is 5.69 Å². The Balaban J connectivity index is 1.87. The Labute approximate surface area is 146 Å². The van der Waals surface area contributed by atoms with Gasteiger partial charge in [0.05, 0.1) is 5.69 Å². The first-order valence-electron chi connectivity index (χ1n) is 6.71. The SMILES string of the molecule is Cc1cc(=O)[nH]c(SCc2c(Cl)ncn2-c2ccc(Cl)cc2)n1. The zero-order valence-corrected chi connectivity index (χ0v) is 14.4. The monoisotopic (exact) mass is 366 g/mol. The third-order valence-corrected chi connectivity index (χ3v) is 4.57. The van der Waals surface area contributed by atoms with Crippen LogP contribution in [0.2, 0.25) is 10.2 Å². The van der Waals surface area contributed by atoms with E-state index < -0.39 is 0 Å². The number of nitrogens with zero attached hydrogens (tertiary/aromatic N) is 3. The average Bonchev–Trinajstić information content (AvgIpc) is 2.86. The molecule has 0 aliphatic carbocycles. The Hall–Kier alpha value is -1.76. The van der Waals surface area contributed by atoms with Crippen molar-refractivity contribution < 1.29 is 0 Å². The lowest BCUT2D eigenvalue weighted by Gasteiger charge is -2.08. The number of imidazole rings is 1. The molecule has 0 unspecified atom stereocenters. The van der Waals surface area contributed by atoms with Crippen LogP contribution in [0.3, 0.4) is 0 Å². The maximum absolute atomic E-state index is 11.5. The van der Waals surface area contributed by atoms with Crippen LogP contribution >= 0.6 is 35.0 Å². The van der Waals surface area contributed by atoms with E-state index in [2.05, 4.69) is 15.0 Å². The molecule has 3 rings (SSSR count). The third-order valence-electron chi connectivity index (χ3n) is 3.11. The van der Waals surface area contributed by atoms with Crippen molar-refractivity contribution in [3.63, 3.8) is 0 Å². The first-order chi connectivity index (χ1) is 11.0. The first kappa shape index (κ1) is 16.1. The Morgan fingerprint density at radius 3 is 2.70 bits per heavy atom. The molecule has 118 valence electrons. The lowest BCUT2D eigenvalue weighted by atomic mass is 10.3. The molecule has 3 aromatic rings. The van der Waals surface area contributed by atoms with Gasteiger partial charge >= 0.3 is 0 Å². The quantitative estimate of drug-likeness (QED) is 0.562. The molecule has 0 atom stereocenters. The van der Waals surface area contributed by atoms with E-state index in [1.54, 1.807) is 25.4 Å². The van der Waals surface area contributed by atoms with Crippen LogP contribution in [0.4, 0.5) is 0 Å². The minimum Gasteiger partial charge on any atom is -0.301 e. The predicted octanol–water partition coefficient (Wildman–Crippen LogP) is 3.86. The molecular formula is C15H12Cl2N4OS. The molecule has 0 saturated heterocycles. The number of benzene rings is 1. The largest absolute Gasteiger partial charge is 0.301 e. The van der Waals surface area contributed by atoms with E-state index in [-0.39, 0.29) is 5.56 Å². The normalized spacial score (nSPS) is 10.9. The summed E-state index contributed by atoms with van der Waals surface area (Å²) in [4.78, 5) is 22.6. The number of aromatic nitrogens is 4. The molecule has 0 aliphatic rings. The van der Waals surface area contributed by atoms with Crippen molar-refractivity contribution in [3.8, 4) is 5.69 Å². The third kappa shape index (κ3) is 3.77. The zero-order valence-electron chi connectivity index (χ0n) is 12.1. The number of nitrogens with one attached hydrogen (secondary N) is 1. The smallest absolute Gasteiger partial charge is 0.251 e. The predicted molar refractivity (Wildman–Crippen MR) is 92.7 cm³/mol. The van der Waals surface area contributed by atoms with Gasteiger partial charge in [-0.15, -0.1) is 0 Å². The van der Waals surface area contributed by atoms with Gasteiger partial charge in [0.25, 0.3) is 5.56 Å². The van der Waals surface area contributed by atoms with E-state index in [0.717, 1.165) is 11.4 Å². The van der Waals surface area contributed by atoms with Crippen LogP contribution < -0.4 is 5.56 Å². The van der Waals surface area contributed by atoms with Crippen molar-refractivity contribution in [2.24, 2.45) is 0 Å². The molecule has 1 aromatic carbocycles. The van der Waals surface area contributed by atoms with Gasteiger partial charge in [-0.25, -0.2) is 9.97 Å². The van der Waals surface area contributed by atoms with Gasteiger partial charge in [0.15, 0.2) is 10.3 Å². The topological polar surface area (TPSA) is 63.6 Å². The molecule has 2 aromatic heterocycles. The molecule has 2 heterocycles. The summed E-state index contributed by atoms with van der Waals surface area (Å²) in [6, 6.07) is 8.85. The number of hydrogen-bond acceptors (Lipinski definition) is 4. The number of aryl methyl sites for hydroxylation is 1. The second kappa shape index (κ2) is 6.78. The summed E-state index contributed by atoms with van der Waals surface area (Å²) < 4.78 is 1.89. The van der Waals surface area contributed by atoms with Crippen LogP contribution in [0.1, 0.15) is 11.4 Å². The van der Waals surface area contributed by atoms with Crippen molar-refractivity contribution in [3.05, 3.63) is 68.6 Å². The molecular weight excluding hydrogens is 355 g/mol. The number of halogens is 2. The van der Waals surface area contributed by atoms with Crippen molar-refractivity contribution >= 4 is 35.0 Å². The van der Waals surface area contributed by atoms with Gasteiger partial charge < -0.3 is 9.55 Å². The fourth-order valence-corrected chi connectivity index (χ4v) is 3.40. The minimum absolute atomic E-state index is 0.169. The van der Waals surface area contributed by atoms with Gasteiger partial charge in [0, 0.05) is 28.2 Å². The zero-order chi connectivity index (χ0) is 16.4. The van der Waals surface area contributed by atoms with Crippen molar-refractivity contribution in [2.45, 2.75) is 17.8 Å². The summed E-state index contributed by atoms with van der Waals surface area (Å²) in [6.45, 7) is 1.78. The average molecular weight is 367 g/mol. The Morgan fingerprint density at radius 1 is 1.26 bits per heavy atom. The fourth-order valence-electron chi connectivity index (χ4n) is 2.06. The Bertz CT molecular complexity index is 889. The number of H-pyrrole nitrogens is 1. The van der Waals surface area contributed by atoms with E-state index >= 15 is 0 Å². The molecule has 8 heteroatoms. The number of hydrogen-bond donors (Lipinski definition) is 1. The van der Waals surface area contributed by atoms with Crippen LogP contribution in [0, 0.1) is 6.92 Å². The molecule has 0 amide bonds. The van der Waals surface area contributed by atoms with Crippen LogP contribution in [0.15, 0.2) is 46.6 Å². The lowest BCUT2D eigenvalue weighted by Crippen LogP contribution is -2.08. The molecule has 23 heavy (non-hydrogen) atoms. The number of thioether (sulfide) groups is 1. The minimum atomic E-state index is -0.169. The van der Waals surface area contributed by atoms with E-state index in [9.17, 15) is 4.79 Å².